The molecular formula is C11H16O2S. The van der Waals surface area contributed by atoms with E-state index in [4.69, 9.17) is 4.74 Å². The Bertz CT molecular complexity index is 269. The van der Waals surface area contributed by atoms with Crippen LogP contribution in [0.5, 0.6) is 5.75 Å². The van der Waals surface area contributed by atoms with E-state index >= 15 is 0 Å². The normalized spacial score (nSPS) is 12.9. The minimum atomic E-state index is -0.494. The van der Waals surface area contributed by atoms with Gasteiger partial charge in [0, 0.05) is 5.75 Å². The maximum atomic E-state index is 9.48. The lowest BCUT2D eigenvalue weighted by atomic mass is 10.1. The lowest BCUT2D eigenvalue weighted by Gasteiger charge is -2.11. The van der Waals surface area contributed by atoms with E-state index in [0.29, 0.717) is 5.75 Å². The molecule has 0 aromatic heterocycles. The van der Waals surface area contributed by atoms with Gasteiger partial charge in [0.1, 0.15) is 5.75 Å². The van der Waals surface area contributed by atoms with Crippen molar-refractivity contribution < 1.29 is 9.84 Å². The number of aliphatic hydroxyl groups excluding tert-OH is 1. The molecule has 0 heterocycles. The molecule has 0 bridgehead atoms. The monoisotopic (exact) mass is 212 g/mol. The molecule has 3 heteroatoms. The molecule has 14 heavy (non-hydrogen) atoms. The summed E-state index contributed by atoms with van der Waals surface area (Å²) in [6.07, 6.45) is -0.318. The molecule has 0 spiro atoms. The molecule has 1 N–H and O–H groups in total. The van der Waals surface area contributed by atoms with E-state index in [9.17, 15) is 5.11 Å². The van der Waals surface area contributed by atoms with E-state index < -0.39 is 6.10 Å². The van der Waals surface area contributed by atoms with Crippen LogP contribution in [0.15, 0.2) is 24.3 Å². The first-order valence-corrected chi connectivity index (χ1v) is 5.32. The minimum Gasteiger partial charge on any atom is -0.491 e. The fraction of sp³-hybridized carbons (Fsp3) is 0.455. The predicted octanol–water partition coefficient (Wildman–Crippen LogP) is 2.44. The van der Waals surface area contributed by atoms with Gasteiger partial charge in [-0.15, -0.1) is 0 Å². The highest BCUT2D eigenvalue weighted by molar-refractivity contribution is 7.80. The van der Waals surface area contributed by atoms with Crippen molar-refractivity contribution in [3.05, 3.63) is 29.8 Å². The van der Waals surface area contributed by atoms with Gasteiger partial charge >= 0.3 is 0 Å². The van der Waals surface area contributed by atoms with Gasteiger partial charge in [0.2, 0.25) is 0 Å². The van der Waals surface area contributed by atoms with Crippen molar-refractivity contribution in [1.82, 2.24) is 0 Å². The van der Waals surface area contributed by atoms with Crippen LogP contribution in [0.4, 0.5) is 0 Å². The summed E-state index contributed by atoms with van der Waals surface area (Å²) in [5.74, 6) is 1.26. The first kappa shape index (κ1) is 11.4. The average Bonchev–Trinajstić information content (AvgIpc) is 2.17. The molecule has 1 atom stereocenters. The highest BCUT2D eigenvalue weighted by Crippen LogP contribution is 2.19. The number of ether oxygens (including phenoxy) is 1. The SMILES string of the molecule is CC(C)Oc1ccc(C(O)CS)cc1. The average molecular weight is 212 g/mol. The molecule has 1 unspecified atom stereocenters. The summed E-state index contributed by atoms with van der Waals surface area (Å²) in [5, 5.41) is 9.48. The highest BCUT2D eigenvalue weighted by Gasteiger charge is 2.05. The third-order valence-electron chi connectivity index (χ3n) is 1.81. The molecule has 0 amide bonds. The van der Waals surface area contributed by atoms with Crippen LogP contribution in [0.2, 0.25) is 0 Å². The second-order valence-electron chi connectivity index (χ2n) is 3.43. The number of rotatable bonds is 4. The first-order valence-electron chi connectivity index (χ1n) is 4.69. The molecule has 2 nitrogen and oxygen atoms in total. The van der Waals surface area contributed by atoms with Gasteiger partial charge in [0.25, 0.3) is 0 Å². The summed E-state index contributed by atoms with van der Waals surface area (Å²) >= 11 is 4.03. The molecule has 0 aliphatic carbocycles. The van der Waals surface area contributed by atoms with Crippen molar-refractivity contribution in [3.63, 3.8) is 0 Å². The summed E-state index contributed by atoms with van der Waals surface area (Å²) in [6.45, 7) is 3.97. The zero-order valence-corrected chi connectivity index (χ0v) is 9.37. The molecule has 0 fully saturated rings. The summed E-state index contributed by atoms with van der Waals surface area (Å²) in [4.78, 5) is 0. The van der Waals surface area contributed by atoms with Crippen molar-refractivity contribution in [2.24, 2.45) is 0 Å². The quantitative estimate of drug-likeness (QED) is 0.751. The van der Waals surface area contributed by atoms with E-state index in [0.717, 1.165) is 11.3 Å². The molecule has 1 aromatic rings. The van der Waals surface area contributed by atoms with Crippen LogP contribution in [-0.4, -0.2) is 17.0 Å². The van der Waals surface area contributed by atoms with E-state index in [1.807, 2.05) is 38.1 Å². The Balaban J connectivity index is 2.68. The largest absolute Gasteiger partial charge is 0.491 e. The third kappa shape index (κ3) is 3.24. The maximum absolute atomic E-state index is 9.48. The van der Waals surface area contributed by atoms with Crippen molar-refractivity contribution in [2.75, 3.05) is 5.75 Å². The van der Waals surface area contributed by atoms with Gasteiger partial charge in [-0.3, -0.25) is 0 Å². The zero-order chi connectivity index (χ0) is 10.6. The molecule has 1 aromatic carbocycles. The van der Waals surface area contributed by atoms with Crippen LogP contribution in [-0.2, 0) is 0 Å². The van der Waals surface area contributed by atoms with E-state index in [2.05, 4.69) is 12.6 Å². The van der Waals surface area contributed by atoms with Crippen LogP contribution < -0.4 is 4.74 Å². The molecule has 0 aliphatic rings. The lowest BCUT2D eigenvalue weighted by Crippen LogP contribution is -2.05. The highest BCUT2D eigenvalue weighted by atomic mass is 32.1. The van der Waals surface area contributed by atoms with Crippen LogP contribution in [0.3, 0.4) is 0 Å². The number of thiol groups is 1. The molecule has 0 saturated heterocycles. The van der Waals surface area contributed by atoms with Gasteiger partial charge in [0.15, 0.2) is 0 Å². The van der Waals surface area contributed by atoms with Gasteiger partial charge in [-0.2, -0.15) is 12.6 Å². The summed E-state index contributed by atoms with van der Waals surface area (Å²) in [7, 11) is 0. The summed E-state index contributed by atoms with van der Waals surface area (Å²) in [6, 6.07) is 7.45. The first-order chi connectivity index (χ1) is 6.63. The van der Waals surface area contributed by atoms with Crippen LogP contribution in [0, 0.1) is 0 Å². The Kier molecular flexibility index (Phi) is 4.29. The van der Waals surface area contributed by atoms with E-state index in [1.165, 1.54) is 0 Å². The van der Waals surface area contributed by atoms with Gasteiger partial charge < -0.3 is 9.84 Å². The molecule has 0 radical (unpaired) electrons. The Morgan fingerprint density at radius 2 is 1.86 bits per heavy atom. The third-order valence-corrected chi connectivity index (χ3v) is 2.16. The smallest absolute Gasteiger partial charge is 0.119 e. The molecule has 78 valence electrons. The van der Waals surface area contributed by atoms with Crippen LogP contribution in [0.1, 0.15) is 25.5 Å². The van der Waals surface area contributed by atoms with Gasteiger partial charge in [-0.05, 0) is 31.5 Å². The van der Waals surface area contributed by atoms with Crippen LogP contribution in [0.25, 0.3) is 0 Å². The topological polar surface area (TPSA) is 29.5 Å². The van der Waals surface area contributed by atoms with Crippen LogP contribution >= 0.6 is 12.6 Å². The fourth-order valence-electron chi connectivity index (χ4n) is 1.15. The van der Waals surface area contributed by atoms with E-state index in [-0.39, 0.29) is 6.10 Å². The Morgan fingerprint density at radius 3 is 2.29 bits per heavy atom. The second kappa shape index (κ2) is 5.27. The molecule has 0 saturated carbocycles. The van der Waals surface area contributed by atoms with Crippen molar-refractivity contribution in [2.45, 2.75) is 26.1 Å². The second-order valence-corrected chi connectivity index (χ2v) is 3.80. The number of hydrogen-bond acceptors (Lipinski definition) is 3. The minimum absolute atomic E-state index is 0.177. The Hall–Kier alpha value is -0.670. The molecule has 1 rings (SSSR count). The van der Waals surface area contributed by atoms with Gasteiger partial charge in [-0.25, -0.2) is 0 Å². The number of benzene rings is 1. The molecule has 0 aliphatic heterocycles. The van der Waals surface area contributed by atoms with E-state index in [1.54, 1.807) is 0 Å². The van der Waals surface area contributed by atoms with Crippen molar-refractivity contribution >= 4 is 12.6 Å². The molecular weight excluding hydrogens is 196 g/mol. The van der Waals surface area contributed by atoms with Crippen molar-refractivity contribution in [1.29, 1.82) is 0 Å². The Labute approximate surface area is 90.3 Å². The number of hydrogen-bond donors (Lipinski definition) is 2. The van der Waals surface area contributed by atoms with Gasteiger partial charge in [-0.1, -0.05) is 12.1 Å². The fourth-order valence-corrected chi connectivity index (χ4v) is 1.36. The van der Waals surface area contributed by atoms with Crippen molar-refractivity contribution in [3.8, 4) is 5.75 Å². The summed E-state index contributed by atoms with van der Waals surface area (Å²) in [5.41, 5.74) is 0.871. The predicted molar refractivity (Wildman–Crippen MR) is 61.0 cm³/mol. The zero-order valence-electron chi connectivity index (χ0n) is 8.47. The number of aliphatic hydroxyl groups is 1. The maximum Gasteiger partial charge on any atom is 0.119 e. The summed E-state index contributed by atoms with van der Waals surface area (Å²) < 4.78 is 5.48. The standard InChI is InChI=1S/C11H16O2S/c1-8(2)13-10-5-3-9(4-6-10)11(12)7-14/h3-6,8,11-12,14H,7H2,1-2H3. The van der Waals surface area contributed by atoms with Gasteiger partial charge in [0.05, 0.1) is 12.2 Å². The lowest BCUT2D eigenvalue weighted by molar-refractivity contribution is 0.204. The Morgan fingerprint density at radius 1 is 1.29 bits per heavy atom.